The number of rotatable bonds is 4. The van der Waals surface area contributed by atoms with E-state index in [0.717, 1.165) is 48.7 Å². The van der Waals surface area contributed by atoms with Crippen LogP contribution < -0.4 is 26.3 Å². The van der Waals surface area contributed by atoms with Gasteiger partial charge in [-0.1, -0.05) is 13.8 Å². The summed E-state index contributed by atoms with van der Waals surface area (Å²) in [7, 11) is 3.25. The summed E-state index contributed by atoms with van der Waals surface area (Å²) in [5, 5.41) is 12.9. The Morgan fingerprint density at radius 2 is 1.96 bits per heavy atom. The molecule has 1 unspecified atom stereocenters. The standard InChI is InChI=1S/C14H21N3O3.C5H13N/c1-19-11-5-9-3-4-17-8-16-13(18)7-14(17,15)10(9)6-12(11)20-2;1-5(2)3-4-6/h5-6,13,16,18H,3-4,7-8,15H2,1-2H3;5H,3-4,6H2,1-2H3/t13-,14?;/m0./s1. The first-order valence-corrected chi connectivity index (χ1v) is 9.26. The van der Waals surface area contributed by atoms with Crippen molar-refractivity contribution in [3.8, 4) is 11.5 Å². The lowest BCUT2D eigenvalue weighted by molar-refractivity contribution is -0.0497. The van der Waals surface area contributed by atoms with Crippen molar-refractivity contribution in [3.63, 3.8) is 0 Å². The topological polar surface area (TPSA) is 106 Å². The third-order valence-electron chi connectivity index (χ3n) is 5.06. The van der Waals surface area contributed by atoms with Gasteiger partial charge in [-0.25, -0.2) is 0 Å². The van der Waals surface area contributed by atoms with E-state index in [9.17, 15) is 5.11 Å². The van der Waals surface area contributed by atoms with Crippen LogP contribution in [0, 0.1) is 5.92 Å². The Morgan fingerprint density at radius 1 is 1.31 bits per heavy atom. The minimum absolute atomic E-state index is 0.454. The molecule has 0 bridgehead atoms. The normalized spacial score (nSPS) is 25.0. The van der Waals surface area contributed by atoms with Crippen LogP contribution in [-0.4, -0.2) is 50.2 Å². The Hall–Kier alpha value is -1.38. The van der Waals surface area contributed by atoms with E-state index >= 15 is 0 Å². The van der Waals surface area contributed by atoms with Gasteiger partial charge in [0.2, 0.25) is 0 Å². The van der Waals surface area contributed by atoms with Crippen molar-refractivity contribution in [2.75, 3.05) is 34.0 Å². The molecule has 0 spiro atoms. The number of hydrogen-bond acceptors (Lipinski definition) is 7. The summed E-state index contributed by atoms with van der Waals surface area (Å²) in [5.41, 5.74) is 13.4. The molecule has 0 aromatic heterocycles. The Balaban J connectivity index is 0.000000352. The fourth-order valence-corrected chi connectivity index (χ4v) is 3.53. The molecule has 1 fully saturated rings. The highest BCUT2D eigenvalue weighted by Crippen LogP contribution is 2.41. The van der Waals surface area contributed by atoms with Gasteiger partial charge >= 0.3 is 0 Å². The second kappa shape index (κ2) is 9.01. The van der Waals surface area contributed by atoms with Gasteiger partial charge in [-0.2, -0.15) is 0 Å². The molecule has 0 radical (unpaired) electrons. The number of nitrogens with two attached hydrogens (primary N) is 2. The highest BCUT2D eigenvalue weighted by molar-refractivity contribution is 5.50. The number of aliphatic hydroxyl groups is 1. The van der Waals surface area contributed by atoms with Crippen LogP contribution in [-0.2, 0) is 12.1 Å². The minimum Gasteiger partial charge on any atom is -0.493 e. The number of nitrogens with zero attached hydrogens (tertiary/aromatic N) is 1. The van der Waals surface area contributed by atoms with E-state index in [2.05, 4.69) is 24.1 Å². The summed E-state index contributed by atoms with van der Waals surface area (Å²) in [6.07, 6.45) is 1.93. The molecule has 6 N–H and O–H groups in total. The van der Waals surface area contributed by atoms with Crippen molar-refractivity contribution < 1.29 is 14.6 Å². The smallest absolute Gasteiger partial charge is 0.161 e. The fraction of sp³-hybridized carbons (Fsp3) is 0.684. The molecule has 7 heteroatoms. The van der Waals surface area contributed by atoms with Gasteiger partial charge in [-0.15, -0.1) is 0 Å². The van der Waals surface area contributed by atoms with E-state index in [4.69, 9.17) is 20.9 Å². The second-order valence-electron chi connectivity index (χ2n) is 7.36. The molecule has 1 aromatic carbocycles. The molecule has 2 aliphatic rings. The van der Waals surface area contributed by atoms with E-state index < -0.39 is 11.9 Å². The molecule has 7 nitrogen and oxygen atoms in total. The summed E-state index contributed by atoms with van der Waals surface area (Å²) >= 11 is 0. The Morgan fingerprint density at radius 3 is 2.50 bits per heavy atom. The molecule has 2 atom stereocenters. The average molecular weight is 367 g/mol. The van der Waals surface area contributed by atoms with Gasteiger partial charge in [0.15, 0.2) is 11.5 Å². The van der Waals surface area contributed by atoms with E-state index in [0.29, 0.717) is 18.8 Å². The lowest BCUT2D eigenvalue weighted by atomic mass is 9.84. The van der Waals surface area contributed by atoms with E-state index in [1.165, 1.54) is 0 Å². The lowest BCUT2D eigenvalue weighted by Gasteiger charge is -2.50. The van der Waals surface area contributed by atoms with Gasteiger partial charge in [0.1, 0.15) is 11.9 Å². The molecule has 1 aromatic rings. The first kappa shape index (κ1) is 20.9. The molecule has 26 heavy (non-hydrogen) atoms. The summed E-state index contributed by atoms with van der Waals surface area (Å²) in [6, 6.07) is 3.94. The predicted molar refractivity (Wildman–Crippen MR) is 103 cm³/mol. The first-order chi connectivity index (χ1) is 12.3. The van der Waals surface area contributed by atoms with Crippen molar-refractivity contribution in [1.82, 2.24) is 10.2 Å². The first-order valence-electron chi connectivity index (χ1n) is 9.26. The SMILES string of the molecule is CC(C)CCN.COc1cc2c(cc1OC)C1(N)C[C@H](O)NCN1CC2. The van der Waals surface area contributed by atoms with Gasteiger partial charge < -0.3 is 26.0 Å². The van der Waals surface area contributed by atoms with Crippen LogP contribution in [0.25, 0.3) is 0 Å². The third kappa shape index (κ3) is 4.47. The molecule has 148 valence electrons. The maximum atomic E-state index is 9.89. The lowest BCUT2D eigenvalue weighted by Crippen LogP contribution is -2.66. The number of ether oxygens (including phenoxy) is 2. The molecule has 2 aliphatic heterocycles. The summed E-state index contributed by atoms with van der Waals surface area (Å²) < 4.78 is 10.7. The number of methoxy groups -OCH3 is 2. The van der Waals surface area contributed by atoms with Crippen molar-refractivity contribution in [3.05, 3.63) is 23.3 Å². The predicted octanol–water partition coefficient (Wildman–Crippen LogP) is 0.934. The number of fused-ring (bicyclic) bond motifs is 3. The number of nitrogens with one attached hydrogen (secondary N) is 1. The van der Waals surface area contributed by atoms with Crippen LogP contribution in [0.5, 0.6) is 11.5 Å². The Bertz CT molecular complexity index is 596. The maximum Gasteiger partial charge on any atom is 0.161 e. The van der Waals surface area contributed by atoms with Crippen molar-refractivity contribution >= 4 is 0 Å². The van der Waals surface area contributed by atoms with Gasteiger partial charge in [0, 0.05) is 13.0 Å². The van der Waals surface area contributed by atoms with Crippen LogP contribution in [0.15, 0.2) is 12.1 Å². The van der Waals surface area contributed by atoms with Gasteiger partial charge in [0.05, 0.1) is 20.9 Å². The van der Waals surface area contributed by atoms with Crippen LogP contribution in [0.3, 0.4) is 0 Å². The molecule has 0 aliphatic carbocycles. The third-order valence-corrected chi connectivity index (χ3v) is 5.06. The summed E-state index contributed by atoms with van der Waals surface area (Å²) in [5.74, 6) is 2.17. The molecule has 1 saturated heterocycles. The van der Waals surface area contributed by atoms with Crippen LogP contribution in [0.1, 0.15) is 37.8 Å². The van der Waals surface area contributed by atoms with Crippen LogP contribution >= 0.6 is 0 Å². The van der Waals surface area contributed by atoms with Gasteiger partial charge in [-0.05, 0) is 48.6 Å². The molecular formula is C19H34N4O3. The fourth-order valence-electron chi connectivity index (χ4n) is 3.53. The number of hydrogen-bond donors (Lipinski definition) is 4. The molecule has 0 saturated carbocycles. The molecule has 3 rings (SSSR count). The van der Waals surface area contributed by atoms with Crippen LogP contribution in [0.4, 0.5) is 0 Å². The molecule has 0 amide bonds. The van der Waals surface area contributed by atoms with Crippen molar-refractivity contribution in [2.45, 2.75) is 45.0 Å². The average Bonchev–Trinajstić information content (AvgIpc) is 2.60. The second-order valence-corrected chi connectivity index (χ2v) is 7.36. The van der Waals surface area contributed by atoms with Crippen molar-refractivity contribution in [2.24, 2.45) is 17.4 Å². The van der Waals surface area contributed by atoms with Gasteiger partial charge in [-0.3, -0.25) is 10.2 Å². The number of aliphatic hydroxyl groups excluding tert-OH is 1. The number of benzene rings is 1. The molecular weight excluding hydrogens is 332 g/mol. The maximum absolute atomic E-state index is 9.89. The van der Waals surface area contributed by atoms with Gasteiger partial charge in [0.25, 0.3) is 0 Å². The quantitative estimate of drug-likeness (QED) is 0.628. The van der Waals surface area contributed by atoms with E-state index in [-0.39, 0.29) is 0 Å². The zero-order chi connectivity index (χ0) is 19.3. The van der Waals surface area contributed by atoms with E-state index in [1.807, 2.05) is 12.1 Å². The highest BCUT2D eigenvalue weighted by atomic mass is 16.5. The largest absolute Gasteiger partial charge is 0.493 e. The van der Waals surface area contributed by atoms with Crippen LogP contribution in [0.2, 0.25) is 0 Å². The van der Waals surface area contributed by atoms with E-state index in [1.54, 1.807) is 14.2 Å². The zero-order valence-electron chi connectivity index (χ0n) is 16.4. The Labute approximate surface area is 156 Å². The van der Waals surface area contributed by atoms with Crippen molar-refractivity contribution in [1.29, 1.82) is 0 Å². The molecule has 2 heterocycles. The monoisotopic (exact) mass is 366 g/mol. The Kier molecular flexibility index (Phi) is 7.25. The zero-order valence-corrected chi connectivity index (χ0v) is 16.4. The summed E-state index contributed by atoms with van der Waals surface area (Å²) in [4.78, 5) is 2.16. The summed E-state index contributed by atoms with van der Waals surface area (Å²) in [6.45, 7) is 6.63. The minimum atomic E-state index is -0.655. The highest BCUT2D eigenvalue weighted by Gasteiger charge is 2.44.